The monoisotopic (exact) mass is 354 g/mol. The molecule has 1 amide bonds. The van der Waals surface area contributed by atoms with Gasteiger partial charge in [0.1, 0.15) is 0 Å². The number of nitrogens with two attached hydrogens (primary N) is 1. The highest BCUT2D eigenvalue weighted by molar-refractivity contribution is 9.10. The quantitative estimate of drug-likeness (QED) is 0.851. The predicted octanol–water partition coefficient (Wildman–Crippen LogP) is 3.41. The van der Waals surface area contributed by atoms with Crippen LogP contribution in [0.3, 0.4) is 0 Å². The van der Waals surface area contributed by atoms with E-state index in [1.165, 1.54) is 12.1 Å². The van der Waals surface area contributed by atoms with E-state index in [-0.39, 0.29) is 5.69 Å². The fourth-order valence-corrected chi connectivity index (χ4v) is 1.82. The number of ether oxygens (including phenoxy) is 1. The molecule has 0 unspecified atom stereocenters. The van der Waals surface area contributed by atoms with Gasteiger partial charge in [-0.15, -0.1) is 13.2 Å². The molecule has 0 spiro atoms. The first-order chi connectivity index (χ1) is 9.23. The smallest absolute Gasteiger partial charge is 0.404 e. The van der Waals surface area contributed by atoms with Gasteiger partial charge in [0.2, 0.25) is 5.91 Å². The zero-order valence-corrected chi connectivity index (χ0v) is 12.2. The first-order valence-corrected chi connectivity index (χ1v) is 6.64. The normalized spacial score (nSPS) is 12.9. The van der Waals surface area contributed by atoms with Gasteiger partial charge in [-0.3, -0.25) is 4.79 Å². The van der Waals surface area contributed by atoms with Crippen molar-refractivity contribution in [2.24, 2.45) is 5.73 Å². The minimum absolute atomic E-state index is 0.0814. The van der Waals surface area contributed by atoms with Crippen LogP contribution in [0.25, 0.3) is 0 Å². The van der Waals surface area contributed by atoms with Gasteiger partial charge in [-0.2, -0.15) is 0 Å². The first kappa shape index (κ1) is 16.8. The summed E-state index contributed by atoms with van der Waals surface area (Å²) < 4.78 is 41.1. The van der Waals surface area contributed by atoms with E-state index in [1.54, 1.807) is 0 Å². The Bertz CT molecular complexity index is 480. The second-order valence-electron chi connectivity index (χ2n) is 4.07. The van der Waals surface area contributed by atoms with Gasteiger partial charge in [-0.25, -0.2) is 0 Å². The fraction of sp³-hybridized carbons (Fsp3) is 0.417. The van der Waals surface area contributed by atoms with E-state index in [9.17, 15) is 18.0 Å². The summed E-state index contributed by atoms with van der Waals surface area (Å²) in [4.78, 5) is 11.7. The van der Waals surface area contributed by atoms with Crippen molar-refractivity contribution < 1.29 is 22.7 Å². The van der Waals surface area contributed by atoms with Gasteiger partial charge in [0.25, 0.3) is 0 Å². The molecular weight excluding hydrogens is 341 g/mol. The van der Waals surface area contributed by atoms with Crippen molar-refractivity contribution in [2.75, 3.05) is 5.32 Å². The summed E-state index contributed by atoms with van der Waals surface area (Å²) in [6, 6.07) is 3.14. The van der Waals surface area contributed by atoms with Crippen molar-refractivity contribution in [2.45, 2.75) is 32.2 Å². The van der Waals surface area contributed by atoms with Crippen LogP contribution < -0.4 is 15.8 Å². The Kier molecular flexibility index (Phi) is 5.82. The summed E-state index contributed by atoms with van der Waals surface area (Å²) >= 11 is 3.04. The van der Waals surface area contributed by atoms with Gasteiger partial charge in [-0.1, -0.05) is 29.3 Å². The molecule has 0 aliphatic carbocycles. The molecule has 1 atom stereocenters. The van der Waals surface area contributed by atoms with E-state index < -0.39 is 24.1 Å². The third kappa shape index (κ3) is 5.38. The highest BCUT2D eigenvalue weighted by Crippen LogP contribution is 2.33. The molecule has 0 aliphatic rings. The molecule has 8 heteroatoms. The van der Waals surface area contributed by atoms with Crippen molar-refractivity contribution in [1.29, 1.82) is 0 Å². The van der Waals surface area contributed by atoms with Gasteiger partial charge in [-0.05, 0) is 24.6 Å². The molecular formula is C12H14BrF3N2O2. The van der Waals surface area contributed by atoms with Gasteiger partial charge in [0.15, 0.2) is 5.75 Å². The molecule has 0 radical (unpaired) electrons. The van der Waals surface area contributed by atoms with E-state index >= 15 is 0 Å². The summed E-state index contributed by atoms with van der Waals surface area (Å²) in [5, 5.41) is 2.34. The maximum Gasteiger partial charge on any atom is 0.573 e. The average molecular weight is 355 g/mol. The summed E-state index contributed by atoms with van der Waals surface area (Å²) in [6.07, 6.45) is -3.70. The number of carbonyl (C=O) groups excluding carboxylic acids is 1. The zero-order valence-electron chi connectivity index (χ0n) is 10.6. The number of alkyl halides is 3. The third-order valence-electron chi connectivity index (χ3n) is 2.36. The molecule has 0 saturated carbocycles. The summed E-state index contributed by atoms with van der Waals surface area (Å²) in [6.45, 7) is 1.85. The Labute approximate surface area is 122 Å². The van der Waals surface area contributed by atoms with Gasteiger partial charge in [0.05, 0.1) is 11.7 Å². The number of rotatable bonds is 5. The summed E-state index contributed by atoms with van der Waals surface area (Å²) in [5.74, 6) is -1.05. The molecule has 0 heterocycles. The minimum atomic E-state index is -4.84. The number of carbonyl (C=O) groups is 1. The number of amides is 1. The van der Waals surface area contributed by atoms with E-state index in [1.807, 2.05) is 6.92 Å². The number of anilines is 1. The molecule has 112 valence electrons. The molecule has 1 aromatic carbocycles. The molecule has 1 aromatic rings. The lowest BCUT2D eigenvalue weighted by molar-refractivity contribution is -0.274. The number of benzene rings is 1. The Hall–Kier alpha value is -1.28. The maximum absolute atomic E-state index is 12.3. The van der Waals surface area contributed by atoms with E-state index in [0.717, 1.165) is 6.07 Å². The minimum Gasteiger partial charge on any atom is -0.404 e. The van der Waals surface area contributed by atoms with Crippen molar-refractivity contribution in [1.82, 2.24) is 0 Å². The summed E-state index contributed by atoms with van der Waals surface area (Å²) in [7, 11) is 0. The Morgan fingerprint density at radius 1 is 1.50 bits per heavy atom. The van der Waals surface area contributed by atoms with E-state index in [2.05, 4.69) is 26.0 Å². The highest BCUT2D eigenvalue weighted by atomic mass is 79.9. The standard InChI is InChI=1S/C12H14BrF3N2O2/c1-2-3-8(17)11(19)18-9-5-4-7(13)6-10(9)20-12(14,15)16/h4-6,8H,2-3,17H2,1H3,(H,18,19)/t8-/m1/s1. The molecule has 0 bridgehead atoms. The Morgan fingerprint density at radius 3 is 2.70 bits per heavy atom. The maximum atomic E-state index is 12.3. The van der Waals surface area contributed by atoms with Crippen LogP contribution >= 0.6 is 15.9 Å². The lowest BCUT2D eigenvalue weighted by Crippen LogP contribution is -2.35. The van der Waals surface area contributed by atoms with Crippen molar-refractivity contribution in [3.05, 3.63) is 22.7 Å². The molecule has 4 nitrogen and oxygen atoms in total. The number of halogens is 4. The van der Waals surface area contributed by atoms with Crippen molar-refractivity contribution in [3.8, 4) is 5.75 Å². The number of hydrogen-bond acceptors (Lipinski definition) is 3. The average Bonchev–Trinajstić information content (AvgIpc) is 2.30. The molecule has 0 aliphatic heterocycles. The summed E-state index contributed by atoms with van der Waals surface area (Å²) in [5.41, 5.74) is 5.52. The van der Waals surface area contributed by atoms with Crippen LogP contribution in [0.5, 0.6) is 5.75 Å². The molecule has 0 saturated heterocycles. The predicted molar refractivity (Wildman–Crippen MR) is 72.3 cm³/mol. The van der Waals surface area contributed by atoms with Gasteiger partial charge < -0.3 is 15.8 Å². The molecule has 3 N–H and O–H groups in total. The highest BCUT2D eigenvalue weighted by Gasteiger charge is 2.32. The zero-order chi connectivity index (χ0) is 15.3. The van der Waals surface area contributed by atoms with Crippen LogP contribution in [0.4, 0.5) is 18.9 Å². The van der Waals surface area contributed by atoms with Gasteiger partial charge >= 0.3 is 6.36 Å². The third-order valence-corrected chi connectivity index (χ3v) is 2.86. The lowest BCUT2D eigenvalue weighted by Gasteiger charge is -2.16. The van der Waals surface area contributed by atoms with Crippen LogP contribution in [-0.4, -0.2) is 18.3 Å². The van der Waals surface area contributed by atoms with Crippen LogP contribution in [0.2, 0.25) is 0 Å². The van der Waals surface area contributed by atoms with E-state index in [4.69, 9.17) is 5.73 Å². The number of hydrogen-bond donors (Lipinski definition) is 2. The van der Waals surface area contributed by atoms with Crippen LogP contribution in [-0.2, 0) is 4.79 Å². The van der Waals surface area contributed by atoms with E-state index in [0.29, 0.717) is 17.3 Å². The molecule has 0 aromatic heterocycles. The first-order valence-electron chi connectivity index (χ1n) is 5.84. The van der Waals surface area contributed by atoms with Gasteiger partial charge in [0, 0.05) is 4.47 Å². The molecule has 20 heavy (non-hydrogen) atoms. The second kappa shape index (κ2) is 6.94. The second-order valence-corrected chi connectivity index (χ2v) is 4.99. The largest absolute Gasteiger partial charge is 0.573 e. The lowest BCUT2D eigenvalue weighted by atomic mass is 10.1. The number of nitrogens with one attached hydrogen (secondary N) is 1. The van der Waals surface area contributed by atoms with Crippen LogP contribution in [0.1, 0.15) is 19.8 Å². The molecule has 0 fully saturated rings. The Balaban J connectivity index is 2.91. The Morgan fingerprint density at radius 2 is 2.15 bits per heavy atom. The van der Waals surface area contributed by atoms with Crippen molar-refractivity contribution >= 4 is 27.5 Å². The van der Waals surface area contributed by atoms with Crippen molar-refractivity contribution in [3.63, 3.8) is 0 Å². The fourth-order valence-electron chi connectivity index (χ4n) is 1.48. The SMILES string of the molecule is CCC[C@@H](N)C(=O)Nc1ccc(Br)cc1OC(F)(F)F. The molecule has 1 rings (SSSR count). The van der Waals surface area contributed by atoms with Crippen LogP contribution in [0, 0.1) is 0 Å². The van der Waals surface area contributed by atoms with Crippen LogP contribution in [0.15, 0.2) is 22.7 Å². The topological polar surface area (TPSA) is 64.4 Å².